The summed E-state index contributed by atoms with van der Waals surface area (Å²) in [4.78, 5) is 16.9. The largest absolute Gasteiger partial charge is 0.440 e. The molecule has 2 aromatic carbocycles. The van der Waals surface area contributed by atoms with Gasteiger partial charge in [-0.25, -0.2) is 4.79 Å². The van der Waals surface area contributed by atoms with Crippen LogP contribution in [0.25, 0.3) is 0 Å². The highest BCUT2D eigenvalue weighted by atomic mass is 32.1. The maximum absolute atomic E-state index is 11.9. The summed E-state index contributed by atoms with van der Waals surface area (Å²) in [6, 6.07) is 19.1. The average molecular weight is 426 g/mol. The second-order valence-corrected chi connectivity index (χ2v) is 8.46. The van der Waals surface area contributed by atoms with E-state index in [1.807, 2.05) is 60.7 Å². The topological polar surface area (TPSA) is 111 Å². The molecule has 7 heteroatoms. The molecule has 1 aromatic heterocycles. The van der Waals surface area contributed by atoms with Gasteiger partial charge in [-0.1, -0.05) is 60.7 Å². The van der Waals surface area contributed by atoms with E-state index in [2.05, 4.69) is 4.98 Å². The highest BCUT2D eigenvalue weighted by Gasteiger charge is 2.43. The molecular weight excluding hydrogens is 398 g/mol. The third-order valence-corrected chi connectivity index (χ3v) is 5.86. The second kappa shape index (κ2) is 10.3. The van der Waals surface area contributed by atoms with E-state index in [1.54, 1.807) is 11.7 Å². The minimum Gasteiger partial charge on any atom is -0.440 e. The number of aliphatic hydroxyl groups is 1. The van der Waals surface area contributed by atoms with Crippen molar-refractivity contribution >= 4 is 17.4 Å². The van der Waals surface area contributed by atoms with E-state index >= 15 is 0 Å². The highest BCUT2D eigenvalue weighted by Crippen LogP contribution is 2.31. The van der Waals surface area contributed by atoms with E-state index in [9.17, 15) is 9.90 Å². The van der Waals surface area contributed by atoms with Crippen LogP contribution in [0.4, 0.5) is 4.79 Å². The van der Waals surface area contributed by atoms with Crippen LogP contribution < -0.4 is 11.5 Å². The molecule has 158 valence electrons. The molecule has 3 rings (SSSR count). The van der Waals surface area contributed by atoms with Crippen LogP contribution in [-0.2, 0) is 24.0 Å². The van der Waals surface area contributed by atoms with Gasteiger partial charge in [0.15, 0.2) is 0 Å². The molecule has 30 heavy (non-hydrogen) atoms. The lowest BCUT2D eigenvalue weighted by atomic mass is 9.82. The zero-order chi connectivity index (χ0) is 21.4. The quantitative estimate of drug-likeness (QED) is 0.462. The van der Waals surface area contributed by atoms with Crippen molar-refractivity contribution in [1.29, 1.82) is 0 Å². The molecule has 0 aliphatic rings. The number of thiazole rings is 1. The Morgan fingerprint density at radius 2 is 1.70 bits per heavy atom. The molecule has 0 saturated heterocycles. The standard InChI is InChI=1S/C23H27N3O3S/c24-19(11-17-7-3-1-4-8-17)12-21(27)23(29-22(25)28,14-20-15-26-16-30-20)13-18-9-5-2-6-10-18/h1-10,15-16,19,21,27H,11-14,24H2,(H2,25,28)/t19-,21-,23-/m0/s1. The van der Waals surface area contributed by atoms with Gasteiger partial charge in [-0.15, -0.1) is 11.3 Å². The number of carbonyl (C=O) groups excluding carboxylic acids is 1. The number of hydrogen-bond donors (Lipinski definition) is 3. The van der Waals surface area contributed by atoms with E-state index < -0.39 is 17.8 Å². The lowest BCUT2D eigenvalue weighted by Crippen LogP contribution is -2.53. The van der Waals surface area contributed by atoms with Crippen molar-refractivity contribution in [3.05, 3.63) is 88.4 Å². The fourth-order valence-electron chi connectivity index (χ4n) is 3.71. The Labute approximate surface area is 180 Å². The van der Waals surface area contributed by atoms with Gasteiger partial charge in [0.05, 0.1) is 11.6 Å². The summed E-state index contributed by atoms with van der Waals surface area (Å²) in [6.07, 6.45) is 1.26. The van der Waals surface area contributed by atoms with Gasteiger partial charge in [0, 0.05) is 30.0 Å². The van der Waals surface area contributed by atoms with Gasteiger partial charge < -0.3 is 21.3 Å². The predicted octanol–water partition coefficient (Wildman–Crippen LogP) is 3.08. The molecule has 1 amide bonds. The number of primary amides is 1. The Bertz CT molecular complexity index is 906. The molecule has 0 unspecified atom stereocenters. The van der Waals surface area contributed by atoms with Crippen molar-refractivity contribution in [1.82, 2.24) is 4.98 Å². The van der Waals surface area contributed by atoms with Crippen LogP contribution in [0.1, 0.15) is 22.4 Å². The minimum atomic E-state index is -1.24. The van der Waals surface area contributed by atoms with Crippen molar-refractivity contribution in [2.24, 2.45) is 11.5 Å². The smallest absolute Gasteiger partial charge is 0.405 e. The summed E-state index contributed by atoms with van der Waals surface area (Å²) < 4.78 is 5.64. The lowest BCUT2D eigenvalue weighted by Gasteiger charge is -2.38. The second-order valence-electron chi connectivity index (χ2n) is 7.49. The fourth-order valence-corrected chi connectivity index (χ4v) is 4.41. The van der Waals surface area contributed by atoms with Crippen LogP contribution in [0, 0.1) is 0 Å². The molecular formula is C23H27N3O3S. The van der Waals surface area contributed by atoms with Crippen molar-refractivity contribution in [3.63, 3.8) is 0 Å². The monoisotopic (exact) mass is 425 g/mol. The van der Waals surface area contributed by atoms with Gasteiger partial charge in [-0.05, 0) is 24.0 Å². The maximum Gasteiger partial charge on any atom is 0.405 e. The minimum absolute atomic E-state index is 0.258. The third-order valence-electron chi connectivity index (χ3n) is 5.08. The average Bonchev–Trinajstić information content (AvgIpc) is 3.21. The van der Waals surface area contributed by atoms with Crippen LogP contribution in [0.2, 0.25) is 0 Å². The normalized spacial score (nSPS) is 15.1. The molecule has 6 nitrogen and oxygen atoms in total. The van der Waals surface area contributed by atoms with Gasteiger partial charge in [0.1, 0.15) is 5.60 Å². The van der Waals surface area contributed by atoms with Gasteiger partial charge in [0.25, 0.3) is 0 Å². The number of nitrogens with two attached hydrogens (primary N) is 2. The highest BCUT2D eigenvalue weighted by molar-refractivity contribution is 7.09. The van der Waals surface area contributed by atoms with Crippen LogP contribution in [0.3, 0.4) is 0 Å². The summed E-state index contributed by atoms with van der Waals surface area (Å²) in [5.74, 6) is 0. The first-order chi connectivity index (χ1) is 14.5. The lowest BCUT2D eigenvalue weighted by molar-refractivity contribution is -0.0835. The third kappa shape index (κ3) is 6.13. The molecule has 3 aromatic rings. The Kier molecular flexibility index (Phi) is 7.57. The summed E-state index contributed by atoms with van der Waals surface area (Å²) in [6.45, 7) is 0. The first kappa shape index (κ1) is 22.0. The summed E-state index contributed by atoms with van der Waals surface area (Å²) >= 11 is 1.44. The Morgan fingerprint density at radius 1 is 1.07 bits per heavy atom. The Hall–Kier alpha value is -2.74. The van der Waals surface area contributed by atoms with Crippen molar-refractivity contribution in [3.8, 4) is 0 Å². The van der Waals surface area contributed by atoms with E-state index in [4.69, 9.17) is 16.2 Å². The number of ether oxygens (including phenoxy) is 1. The number of aliphatic hydroxyl groups excluding tert-OH is 1. The molecule has 0 aliphatic carbocycles. The molecule has 1 heterocycles. The molecule has 0 fully saturated rings. The van der Waals surface area contributed by atoms with Crippen molar-refractivity contribution in [2.45, 2.75) is 43.4 Å². The SMILES string of the molecule is NC(=O)O[C@@](Cc1ccccc1)(Cc1cncs1)[C@@H](O)C[C@@H](N)Cc1ccccc1. The van der Waals surface area contributed by atoms with E-state index in [-0.39, 0.29) is 12.5 Å². The molecule has 0 spiro atoms. The van der Waals surface area contributed by atoms with E-state index in [1.165, 1.54) is 11.3 Å². The number of carbonyl (C=O) groups is 1. The van der Waals surface area contributed by atoms with Crippen LogP contribution in [0.15, 0.2) is 72.4 Å². The van der Waals surface area contributed by atoms with Gasteiger partial charge in [-0.3, -0.25) is 4.98 Å². The molecule has 0 bridgehead atoms. The zero-order valence-corrected chi connectivity index (χ0v) is 17.5. The van der Waals surface area contributed by atoms with Gasteiger partial charge >= 0.3 is 6.09 Å². The molecule has 0 saturated carbocycles. The van der Waals surface area contributed by atoms with Gasteiger partial charge in [0.2, 0.25) is 0 Å². The van der Waals surface area contributed by atoms with Crippen molar-refractivity contribution in [2.75, 3.05) is 0 Å². The number of nitrogens with zero attached hydrogens (tertiary/aromatic N) is 1. The van der Waals surface area contributed by atoms with Crippen molar-refractivity contribution < 1.29 is 14.6 Å². The first-order valence-electron chi connectivity index (χ1n) is 9.84. The number of amides is 1. The van der Waals surface area contributed by atoms with E-state index in [0.717, 1.165) is 16.0 Å². The van der Waals surface area contributed by atoms with E-state index in [0.29, 0.717) is 19.3 Å². The molecule has 0 radical (unpaired) electrons. The number of aromatic nitrogens is 1. The Morgan fingerprint density at radius 3 is 2.27 bits per heavy atom. The summed E-state index contributed by atoms with van der Waals surface area (Å²) in [5, 5.41) is 11.3. The van der Waals surface area contributed by atoms with Crippen LogP contribution >= 0.6 is 11.3 Å². The van der Waals surface area contributed by atoms with Crippen LogP contribution in [-0.4, -0.2) is 33.9 Å². The van der Waals surface area contributed by atoms with Gasteiger partial charge in [-0.2, -0.15) is 0 Å². The summed E-state index contributed by atoms with van der Waals surface area (Å²) in [7, 11) is 0. The first-order valence-corrected chi connectivity index (χ1v) is 10.7. The predicted molar refractivity (Wildman–Crippen MR) is 118 cm³/mol. The zero-order valence-electron chi connectivity index (χ0n) is 16.7. The molecule has 3 atom stereocenters. The molecule has 5 N–H and O–H groups in total. The fraction of sp³-hybridized carbons (Fsp3) is 0.304. The maximum atomic E-state index is 11.9. The van der Waals surface area contributed by atoms with Crippen LogP contribution in [0.5, 0.6) is 0 Å². The number of rotatable bonds is 10. The molecule has 0 aliphatic heterocycles. The number of hydrogen-bond acceptors (Lipinski definition) is 6. The summed E-state index contributed by atoms with van der Waals surface area (Å²) in [5.41, 5.74) is 14.3. The Balaban J connectivity index is 1.85. The number of benzene rings is 2.